The minimum atomic E-state index is -3.61. The molecule has 0 aliphatic rings. The third-order valence-corrected chi connectivity index (χ3v) is 11.0. The highest BCUT2D eigenvalue weighted by Crippen LogP contribution is 2.38. The molecule has 7 heteroatoms. The third-order valence-electron chi connectivity index (χ3n) is 4.64. The summed E-state index contributed by atoms with van der Waals surface area (Å²) in [6.45, 7) is 16.3. The van der Waals surface area contributed by atoms with Gasteiger partial charge in [-0.25, -0.2) is 13.1 Å². The number of nitrogens with one attached hydrogen (secondary N) is 1. The zero-order chi connectivity index (χ0) is 19.5. The van der Waals surface area contributed by atoms with Crippen LogP contribution < -0.4 is 4.72 Å². The molecule has 4 nitrogen and oxygen atoms in total. The molecule has 0 saturated heterocycles. The summed E-state index contributed by atoms with van der Waals surface area (Å²) in [5, 5.41) is -0.478. The van der Waals surface area contributed by atoms with Gasteiger partial charge in [0.25, 0.3) is 0 Å². The summed E-state index contributed by atoms with van der Waals surface area (Å²) in [7, 11) is -5.71. The van der Waals surface area contributed by atoms with E-state index < -0.39 is 29.8 Å². The smallest absolute Gasteiger partial charge is 0.240 e. The van der Waals surface area contributed by atoms with Gasteiger partial charge >= 0.3 is 0 Å². The number of benzene rings is 1. The SMILES string of the molecule is C=C[C@@H](Cl)[C@@H](CNS(=O)(=O)c1ccc(C)cc1)O[Si](C)(C)C(C)(C)C. The van der Waals surface area contributed by atoms with Gasteiger partial charge in [0.05, 0.1) is 16.4 Å². The fourth-order valence-corrected chi connectivity index (χ4v) is 4.53. The van der Waals surface area contributed by atoms with Gasteiger partial charge < -0.3 is 4.43 Å². The molecule has 1 rings (SSSR count). The largest absolute Gasteiger partial charge is 0.411 e. The highest BCUT2D eigenvalue weighted by molar-refractivity contribution is 7.89. The van der Waals surface area contributed by atoms with Crippen LogP contribution in [0.15, 0.2) is 41.8 Å². The van der Waals surface area contributed by atoms with E-state index in [0.717, 1.165) is 5.56 Å². The van der Waals surface area contributed by atoms with Gasteiger partial charge in [-0.15, -0.1) is 18.2 Å². The van der Waals surface area contributed by atoms with E-state index in [0.29, 0.717) is 0 Å². The van der Waals surface area contributed by atoms with Gasteiger partial charge in [-0.1, -0.05) is 44.5 Å². The van der Waals surface area contributed by atoms with Crippen molar-refractivity contribution < 1.29 is 12.8 Å². The van der Waals surface area contributed by atoms with E-state index in [2.05, 4.69) is 45.2 Å². The van der Waals surface area contributed by atoms with Gasteiger partial charge in [0.2, 0.25) is 10.0 Å². The number of rotatable bonds is 8. The topological polar surface area (TPSA) is 55.4 Å². The number of hydrogen-bond donors (Lipinski definition) is 1. The molecule has 0 aliphatic heterocycles. The Morgan fingerprint density at radius 3 is 2.24 bits per heavy atom. The van der Waals surface area contributed by atoms with E-state index in [1.165, 1.54) is 0 Å². The summed E-state index contributed by atoms with van der Waals surface area (Å²) in [4.78, 5) is 0.230. The molecule has 25 heavy (non-hydrogen) atoms. The fraction of sp³-hybridized carbons (Fsp3) is 0.556. The normalized spacial score (nSPS) is 15.6. The lowest BCUT2D eigenvalue weighted by Crippen LogP contribution is -2.49. The van der Waals surface area contributed by atoms with Gasteiger partial charge in [-0.05, 0) is 37.2 Å². The number of halogens is 1. The van der Waals surface area contributed by atoms with Crippen LogP contribution in [0.1, 0.15) is 26.3 Å². The Labute approximate surface area is 158 Å². The van der Waals surface area contributed by atoms with Gasteiger partial charge in [-0.2, -0.15) is 0 Å². The molecule has 142 valence electrons. The maximum absolute atomic E-state index is 12.5. The number of aryl methyl sites for hydroxylation is 1. The first-order chi connectivity index (χ1) is 11.3. The number of alkyl halides is 1. The quantitative estimate of drug-likeness (QED) is 0.396. The summed E-state index contributed by atoms with van der Waals surface area (Å²) in [5.41, 5.74) is 1.01. The molecule has 0 amide bonds. The Balaban J connectivity index is 2.93. The standard InChI is InChI=1S/C18H30ClNO3SSi/c1-8-16(19)17(23-25(6,7)18(3,4)5)13-20-24(21,22)15-11-9-14(2)10-12-15/h8-12,16-17,20H,1,13H2,2-7H3/t16-,17-/m1/s1. The molecule has 0 bridgehead atoms. The van der Waals surface area contributed by atoms with Crippen LogP contribution in [-0.4, -0.2) is 34.8 Å². The van der Waals surface area contributed by atoms with E-state index >= 15 is 0 Å². The van der Waals surface area contributed by atoms with Crippen molar-refractivity contribution in [2.75, 3.05) is 6.54 Å². The minimum Gasteiger partial charge on any atom is -0.411 e. The van der Waals surface area contributed by atoms with Crippen molar-refractivity contribution in [3.05, 3.63) is 42.5 Å². The van der Waals surface area contributed by atoms with Crippen molar-refractivity contribution in [1.82, 2.24) is 4.72 Å². The molecule has 1 N–H and O–H groups in total. The van der Waals surface area contributed by atoms with Crippen LogP contribution in [0.5, 0.6) is 0 Å². The van der Waals surface area contributed by atoms with Crippen LogP contribution in [-0.2, 0) is 14.4 Å². The molecular formula is C18H30ClNO3SSi. The van der Waals surface area contributed by atoms with Crippen molar-refractivity contribution in [3.63, 3.8) is 0 Å². The van der Waals surface area contributed by atoms with Gasteiger partial charge in [0.1, 0.15) is 0 Å². The molecule has 0 spiro atoms. The fourth-order valence-electron chi connectivity index (χ4n) is 1.92. The lowest BCUT2D eigenvalue weighted by atomic mass is 10.2. The van der Waals surface area contributed by atoms with E-state index in [1.807, 2.05) is 6.92 Å². The molecule has 0 aliphatic carbocycles. The maximum Gasteiger partial charge on any atom is 0.240 e. The van der Waals surface area contributed by atoms with Crippen LogP contribution in [0.25, 0.3) is 0 Å². The summed E-state index contributed by atoms with van der Waals surface area (Å²) in [5.74, 6) is 0. The van der Waals surface area contributed by atoms with Gasteiger partial charge in [-0.3, -0.25) is 0 Å². The van der Waals surface area contributed by atoms with Crippen LogP contribution >= 0.6 is 11.6 Å². The van der Waals surface area contributed by atoms with Gasteiger partial charge in [0, 0.05) is 6.54 Å². The predicted octanol–water partition coefficient (Wildman–Crippen LogP) is 4.46. The Bertz CT molecular complexity index is 681. The van der Waals surface area contributed by atoms with Crippen molar-refractivity contribution in [1.29, 1.82) is 0 Å². The average molecular weight is 404 g/mol. The lowest BCUT2D eigenvalue weighted by Gasteiger charge is -2.40. The number of hydrogen-bond acceptors (Lipinski definition) is 3. The highest BCUT2D eigenvalue weighted by Gasteiger charge is 2.40. The van der Waals surface area contributed by atoms with Gasteiger partial charge in [0.15, 0.2) is 8.32 Å². The molecule has 0 heterocycles. The zero-order valence-electron chi connectivity index (χ0n) is 16.0. The van der Waals surface area contributed by atoms with Crippen molar-refractivity contribution in [2.45, 2.75) is 62.2 Å². The molecule has 0 fully saturated rings. The maximum atomic E-state index is 12.5. The Kier molecular flexibility index (Phi) is 7.48. The first-order valence-corrected chi connectivity index (χ1v) is 13.1. The Morgan fingerprint density at radius 2 is 1.80 bits per heavy atom. The molecule has 0 unspecified atom stereocenters. The second kappa shape index (κ2) is 8.35. The molecular weight excluding hydrogens is 374 g/mol. The molecule has 2 atom stereocenters. The van der Waals surface area contributed by atoms with E-state index in [4.69, 9.17) is 16.0 Å². The molecule has 0 radical (unpaired) electrons. The van der Waals surface area contributed by atoms with Crippen LogP contribution in [0.3, 0.4) is 0 Å². The van der Waals surface area contributed by atoms with E-state index in [-0.39, 0.29) is 16.5 Å². The van der Waals surface area contributed by atoms with Crippen LogP contribution in [0.4, 0.5) is 0 Å². The summed E-state index contributed by atoms with van der Waals surface area (Å²) < 4.78 is 33.9. The third kappa shape index (κ3) is 6.22. The average Bonchev–Trinajstić information content (AvgIpc) is 2.50. The summed E-state index contributed by atoms with van der Waals surface area (Å²) >= 11 is 6.33. The summed E-state index contributed by atoms with van der Waals surface area (Å²) in [6, 6.07) is 6.72. The predicted molar refractivity (Wildman–Crippen MR) is 108 cm³/mol. The van der Waals surface area contributed by atoms with Crippen molar-refractivity contribution in [3.8, 4) is 0 Å². The van der Waals surface area contributed by atoms with Crippen LogP contribution in [0.2, 0.25) is 18.1 Å². The first-order valence-electron chi connectivity index (χ1n) is 8.31. The number of sulfonamides is 1. The van der Waals surface area contributed by atoms with E-state index in [9.17, 15) is 8.42 Å². The monoisotopic (exact) mass is 403 g/mol. The second-order valence-electron chi connectivity index (χ2n) is 7.76. The van der Waals surface area contributed by atoms with Crippen molar-refractivity contribution >= 4 is 29.9 Å². The minimum absolute atomic E-state index is 0.00113. The molecule has 1 aromatic carbocycles. The van der Waals surface area contributed by atoms with Crippen LogP contribution in [0, 0.1) is 6.92 Å². The zero-order valence-corrected chi connectivity index (χ0v) is 18.5. The summed E-state index contributed by atoms with van der Waals surface area (Å²) in [6.07, 6.45) is 1.11. The second-order valence-corrected chi connectivity index (χ2v) is 14.8. The van der Waals surface area contributed by atoms with E-state index in [1.54, 1.807) is 30.3 Å². The van der Waals surface area contributed by atoms with Crippen molar-refractivity contribution in [2.24, 2.45) is 0 Å². The first kappa shape index (κ1) is 22.4. The molecule has 0 aromatic heterocycles. The molecule has 0 saturated carbocycles. The Morgan fingerprint density at radius 1 is 1.28 bits per heavy atom. The Hall–Kier alpha value is -0.663. The lowest BCUT2D eigenvalue weighted by molar-refractivity contribution is 0.189. The highest BCUT2D eigenvalue weighted by atomic mass is 35.5. The molecule has 1 aromatic rings.